The van der Waals surface area contributed by atoms with E-state index < -0.39 is 61.8 Å². The summed E-state index contributed by atoms with van der Waals surface area (Å²) in [6.45, 7) is -2.09. The Morgan fingerprint density at radius 1 is 0.719 bits per heavy atom. The summed E-state index contributed by atoms with van der Waals surface area (Å²) in [7, 11) is 0. The molecule has 0 rings (SSSR count). The Kier molecular flexibility index (Phi) is 10.1. The van der Waals surface area contributed by atoms with Crippen LogP contribution in [0.2, 0.25) is 0 Å². The zero-order valence-corrected chi connectivity index (χ0v) is 15.2. The molecule has 0 aliphatic rings. The van der Waals surface area contributed by atoms with E-state index >= 15 is 0 Å². The van der Waals surface area contributed by atoms with Crippen LogP contribution in [0.4, 0.5) is 44.2 Å². The van der Waals surface area contributed by atoms with Gasteiger partial charge in [0.2, 0.25) is 0 Å². The first-order chi connectivity index (χ1) is 14.4. The van der Waals surface area contributed by atoms with E-state index in [-0.39, 0.29) is 6.08 Å². The van der Waals surface area contributed by atoms with Crippen LogP contribution >= 0.6 is 0 Å². The van der Waals surface area contributed by atoms with Crippen molar-refractivity contribution in [3.05, 3.63) is 25.3 Å². The van der Waals surface area contributed by atoms with Crippen molar-refractivity contribution < 1.29 is 82.6 Å². The minimum Gasteiger partial charge on any atom is -0.453 e. The van der Waals surface area contributed by atoms with Gasteiger partial charge in [0.25, 0.3) is 0 Å². The predicted molar refractivity (Wildman–Crippen MR) is 76.3 cm³/mol. The van der Waals surface area contributed by atoms with E-state index in [1.807, 2.05) is 4.94 Å². The summed E-state index contributed by atoms with van der Waals surface area (Å²) in [5.41, 5.74) is 0. The second kappa shape index (κ2) is 10.9. The normalized spacial score (nSPS) is 16.4. The Morgan fingerprint density at radius 3 is 1.53 bits per heavy atom. The van der Waals surface area contributed by atoms with Crippen LogP contribution in [0, 0.1) is 0 Å². The minimum atomic E-state index is -6.46. The van der Waals surface area contributed by atoms with Crippen molar-refractivity contribution in [2.45, 2.75) is 30.0 Å². The maximum Gasteiger partial charge on any atom is 0.453 e. The number of rotatable bonds is 15. The van der Waals surface area contributed by atoms with E-state index in [4.69, 9.17) is 0 Å². The van der Waals surface area contributed by atoms with Gasteiger partial charge < -0.3 is 14.2 Å². The van der Waals surface area contributed by atoms with Gasteiger partial charge in [-0.1, -0.05) is 13.2 Å². The van der Waals surface area contributed by atoms with Gasteiger partial charge >= 0.3 is 42.0 Å². The molecule has 2 unspecified atom stereocenters. The highest BCUT2D eigenvalue weighted by Gasteiger charge is 2.77. The lowest BCUT2D eigenvalue weighted by Gasteiger charge is -2.39. The summed E-state index contributed by atoms with van der Waals surface area (Å²) >= 11 is 0. The first kappa shape index (κ1) is 29.6. The minimum absolute atomic E-state index is 0.266. The zero-order chi connectivity index (χ0) is 25.4. The summed E-state index contributed by atoms with van der Waals surface area (Å²) in [5.74, 6) is -15.4. The molecule has 0 aromatic carbocycles. The average Bonchev–Trinajstić information content (AvgIpc) is 2.73. The van der Waals surface area contributed by atoms with Gasteiger partial charge in [-0.2, -0.15) is 30.7 Å². The monoisotopic (exact) mass is 498 g/mol. The van der Waals surface area contributed by atoms with Crippen LogP contribution in [-0.4, -0.2) is 61.8 Å². The number of ether oxygens (including phenoxy) is 4. The van der Waals surface area contributed by atoms with Gasteiger partial charge in [-0.15, -0.1) is 9.88 Å². The van der Waals surface area contributed by atoms with Crippen LogP contribution in [0.15, 0.2) is 25.3 Å². The topological polar surface area (TPSA) is 89.5 Å². The molecule has 0 aromatic heterocycles. The number of alkyl halides is 8. The largest absolute Gasteiger partial charge is 0.453 e. The number of carbonyl (C=O) groups excluding carboxylic acids is 2. The van der Waals surface area contributed by atoms with Gasteiger partial charge in [0.05, 0.1) is 0 Å². The molecular formula is C14H12F10O8. The van der Waals surface area contributed by atoms with Crippen molar-refractivity contribution in [1.29, 1.82) is 0 Å². The van der Waals surface area contributed by atoms with Crippen molar-refractivity contribution in [3.63, 3.8) is 0 Å². The highest BCUT2D eigenvalue weighted by molar-refractivity contribution is 5.81. The molecule has 0 N–H and O–H groups in total. The van der Waals surface area contributed by atoms with Gasteiger partial charge in [0.15, 0.2) is 13.2 Å². The fourth-order valence-electron chi connectivity index (χ4n) is 1.49. The molecule has 32 heavy (non-hydrogen) atoms. The van der Waals surface area contributed by atoms with Crippen LogP contribution < -0.4 is 0 Å². The Labute approximate surface area is 171 Å². The number of hydrogen-bond donors (Lipinski definition) is 0. The molecule has 0 aliphatic heterocycles. The fourth-order valence-corrected chi connectivity index (χ4v) is 1.49. The van der Waals surface area contributed by atoms with Crippen molar-refractivity contribution in [3.8, 4) is 0 Å². The van der Waals surface area contributed by atoms with Gasteiger partial charge in [0, 0.05) is 12.2 Å². The number of hydrogen-bond acceptors (Lipinski definition) is 8. The van der Waals surface area contributed by atoms with E-state index in [1.165, 1.54) is 0 Å². The Balaban J connectivity index is 5.97. The van der Waals surface area contributed by atoms with E-state index in [0.29, 0.717) is 6.08 Å². The van der Waals surface area contributed by atoms with Crippen LogP contribution in [0.1, 0.15) is 0 Å². The Bertz CT molecular complexity index is 690. The molecule has 0 amide bonds. The van der Waals surface area contributed by atoms with Gasteiger partial charge in [-0.25, -0.2) is 14.0 Å². The van der Waals surface area contributed by atoms with Gasteiger partial charge in [-0.05, 0) is 9.05 Å². The second-order valence-electron chi connectivity index (χ2n) is 5.28. The molecule has 0 fully saturated rings. The maximum atomic E-state index is 14.7. The molecule has 0 bridgehead atoms. The lowest BCUT2D eigenvalue weighted by molar-refractivity contribution is -0.544. The molecule has 0 aromatic rings. The lowest BCUT2D eigenvalue weighted by atomic mass is 10.1. The summed E-state index contributed by atoms with van der Waals surface area (Å²) in [6.07, 6.45) is -16.2. The van der Waals surface area contributed by atoms with Crippen molar-refractivity contribution >= 4 is 11.9 Å². The van der Waals surface area contributed by atoms with Crippen LogP contribution in [0.25, 0.3) is 0 Å². The first-order valence-electron chi connectivity index (χ1n) is 7.48. The highest BCUT2D eigenvalue weighted by atomic mass is 19.4. The first-order valence-corrected chi connectivity index (χ1v) is 7.48. The summed E-state index contributed by atoms with van der Waals surface area (Å²) in [5, 5.41) is 0. The Morgan fingerprint density at radius 2 is 1.16 bits per heavy atom. The molecular weight excluding hydrogens is 486 g/mol. The number of halogens is 10. The van der Waals surface area contributed by atoms with Crippen molar-refractivity contribution in [2.75, 3.05) is 19.8 Å². The van der Waals surface area contributed by atoms with Gasteiger partial charge in [0.1, 0.15) is 6.61 Å². The standard InChI is InChI=1S/C14H12F10O8/c1-3-8(25)27-6-11(16,17)29-5-10(15,13(20,31-23)14(21,22)32-24)30-12(18,19)7-28-9(26)4-2/h3-4H,1-2,5-7H2. The molecule has 186 valence electrons. The molecule has 8 nitrogen and oxygen atoms in total. The number of esters is 2. The maximum absolute atomic E-state index is 14.7. The smallest absolute Gasteiger partial charge is 0.453 e. The average molecular weight is 498 g/mol. The Hall–Kier alpha value is -2.44. The van der Waals surface area contributed by atoms with Crippen LogP contribution in [-0.2, 0) is 38.4 Å². The molecule has 18 heteroatoms. The fraction of sp³-hybridized carbons (Fsp3) is 0.571. The highest BCUT2D eigenvalue weighted by Crippen LogP contribution is 2.49. The molecule has 0 aliphatic carbocycles. The molecule has 0 heterocycles. The van der Waals surface area contributed by atoms with E-state index in [9.17, 15) is 53.8 Å². The molecule has 0 saturated carbocycles. The zero-order valence-electron chi connectivity index (χ0n) is 15.2. The van der Waals surface area contributed by atoms with Crippen LogP contribution in [0.5, 0.6) is 0 Å². The SMILES string of the molecule is C=CC(=O)OCC(F)(F)OCC(F)(OC(F)(F)COC(=O)C=C)C(F)(OF)C(F)(F)OF. The van der Waals surface area contributed by atoms with Crippen LogP contribution in [0.3, 0.4) is 0 Å². The summed E-state index contributed by atoms with van der Waals surface area (Å²) in [6, 6.07) is 0. The third kappa shape index (κ3) is 7.61. The van der Waals surface area contributed by atoms with Gasteiger partial charge in [-0.3, -0.25) is 4.74 Å². The predicted octanol–water partition coefficient (Wildman–Crippen LogP) is 3.39. The molecule has 0 saturated heterocycles. The summed E-state index contributed by atoms with van der Waals surface area (Å²) < 4.78 is 148. The van der Waals surface area contributed by atoms with Crippen molar-refractivity contribution in [1.82, 2.24) is 0 Å². The number of carbonyl (C=O) groups is 2. The summed E-state index contributed by atoms with van der Waals surface area (Å²) in [4.78, 5) is 25.0. The van der Waals surface area contributed by atoms with E-state index in [1.54, 1.807) is 4.94 Å². The third-order valence-electron chi connectivity index (χ3n) is 2.94. The molecule has 0 radical (unpaired) electrons. The lowest BCUT2D eigenvalue weighted by Crippen LogP contribution is -2.66. The molecule has 2 atom stereocenters. The second-order valence-corrected chi connectivity index (χ2v) is 5.28. The molecule has 0 spiro atoms. The van der Waals surface area contributed by atoms with Crippen molar-refractivity contribution in [2.24, 2.45) is 0 Å². The quantitative estimate of drug-likeness (QED) is 0.193. The van der Waals surface area contributed by atoms with E-state index in [2.05, 4.69) is 32.1 Å². The third-order valence-corrected chi connectivity index (χ3v) is 2.94. The van der Waals surface area contributed by atoms with E-state index in [0.717, 1.165) is 0 Å².